The number of nitrogens with one attached hydrogen (secondary N) is 1. The van der Waals surface area contributed by atoms with Crippen molar-refractivity contribution in [2.45, 2.75) is 58.6 Å². The average Bonchev–Trinajstić information content (AvgIpc) is 3.04. The number of nitrogens with zero attached hydrogens (tertiary/aromatic N) is 4. The van der Waals surface area contributed by atoms with Crippen LogP contribution in [0.15, 0.2) is 66.7 Å². The molecular formula is C34H41N5O6. The fraction of sp³-hybridized carbons (Fsp3) is 0.412. The molecule has 2 heterocycles. The molecule has 0 radical (unpaired) electrons. The number of rotatable bonds is 10. The molecule has 1 aliphatic heterocycles. The smallest absolute Gasteiger partial charge is 0.409 e. The summed E-state index contributed by atoms with van der Waals surface area (Å²) in [6.07, 6.45) is 0.212. The first-order chi connectivity index (χ1) is 21.5. The summed E-state index contributed by atoms with van der Waals surface area (Å²) >= 11 is 0. The molecule has 0 bridgehead atoms. The van der Waals surface area contributed by atoms with E-state index < -0.39 is 23.6 Å². The van der Waals surface area contributed by atoms with E-state index in [0.29, 0.717) is 44.1 Å². The summed E-state index contributed by atoms with van der Waals surface area (Å²) in [6.45, 7) is 8.61. The van der Waals surface area contributed by atoms with E-state index in [2.05, 4.69) is 10.3 Å². The van der Waals surface area contributed by atoms with Crippen molar-refractivity contribution in [1.29, 1.82) is 0 Å². The molecule has 1 saturated heterocycles. The molecule has 0 spiro atoms. The number of benzene rings is 2. The molecule has 238 valence electrons. The molecular weight excluding hydrogens is 574 g/mol. The highest BCUT2D eigenvalue weighted by Crippen LogP contribution is 2.23. The molecule has 3 aromatic rings. The van der Waals surface area contributed by atoms with Gasteiger partial charge in [-0.25, -0.2) is 14.8 Å². The molecule has 1 unspecified atom stereocenters. The quantitative estimate of drug-likeness (QED) is 0.324. The van der Waals surface area contributed by atoms with Gasteiger partial charge in [0.1, 0.15) is 17.3 Å². The number of piperazine rings is 1. The lowest BCUT2D eigenvalue weighted by molar-refractivity contribution is -0.155. The monoisotopic (exact) mass is 615 g/mol. The van der Waals surface area contributed by atoms with Crippen LogP contribution in [0.4, 0.5) is 4.79 Å². The van der Waals surface area contributed by atoms with Crippen LogP contribution in [-0.4, -0.2) is 88.1 Å². The maximum atomic E-state index is 13.8. The molecule has 1 N–H and O–H groups in total. The number of ether oxygens (including phenoxy) is 2. The lowest BCUT2D eigenvalue weighted by Gasteiger charge is -2.36. The fourth-order valence-corrected chi connectivity index (χ4v) is 4.91. The van der Waals surface area contributed by atoms with Crippen LogP contribution >= 0.6 is 0 Å². The molecule has 2 aromatic carbocycles. The highest BCUT2D eigenvalue weighted by Gasteiger charge is 2.31. The summed E-state index contributed by atoms with van der Waals surface area (Å²) in [5.41, 5.74) is 1.61. The van der Waals surface area contributed by atoms with Crippen molar-refractivity contribution < 1.29 is 28.7 Å². The second-order valence-electron chi connectivity index (χ2n) is 11.7. The number of carbonyl (C=O) groups excluding carboxylic acids is 4. The van der Waals surface area contributed by atoms with Crippen molar-refractivity contribution in [2.75, 3.05) is 32.8 Å². The Balaban J connectivity index is 1.56. The van der Waals surface area contributed by atoms with Gasteiger partial charge in [-0.1, -0.05) is 60.7 Å². The standard InChI is InChI=1S/C34H41N5O6/c1-5-44-33(43)39-21-19-38(20-22-39)32(42)26(17-12-18-29(40)45-34(2,3)4)37-31(41)28-23-27(24-13-8-6-9-14-24)35-30(36-28)25-15-10-7-11-16-25/h6-11,13-16,23,26H,5,12,17-22H2,1-4H3,(H,37,41). The number of esters is 1. The van der Waals surface area contributed by atoms with E-state index in [-0.39, 0.29) is 37.0 Å². The summed E-state index contributed by atoms with van der Waals surface area (Å²) in [6, 6.07) is 19.5. The predicted molar refractivity (Wildman–Crippen MR) is 169 cm³/mol. The van der Waals surface area contributed by atoms with E-state index in [0.717, 1.165) is 11.1 Å². The van der Waals surface area contributed by atoms with E-state index in [1.807, 2.05) is 60.7 Å². The third-order valence-electron chi connectivity index (χ3n) is 7.07. The molecule has 11 nitrogen and oxygen atoms in total. The Morgan fingerprint density at radius 1 is 0.867 bits per heavy atom. The van der Waals surface area contributed by atoms with Gasteiger partial charge >= 0.3 is 12.1 Å². The zero-order chi connectivity index (χ0) is 32.4. The highest BCUT2D eigenvalue weighted by molar-refractivity contribution is 5.97. The van der Waals surface area contributed by atoms with Crippen molar-refractivity contribution in [3.63, 3.8) is 0 Å². The highest BCUT2D eigenvalue weighted by atomic mass is 16.6. The maximum absolute atomic E-state index is 13.8. The van der Waals surface area contributed by atoms with Gasteiger partial charge in [0.25, 0.3) is 5.91 Å². The minimum atomic E-state index is -0.926. The summed E-state index contributed by atoms with van der Waals surface area (Å²) in [5.74, 6) is -0.826. The van der Waals surface area contributed by atoms with Crippen molar-refractivity contribution in [1.82, 2.24) is 25.1 Å². The van der Waals surface area contributed by atoms with Gasteiger partial charge in [-0.2, -0.15) is 0 Å². The summed E-state index contributed by atoms with van der Waals surface area (Å²) in [7, 11) is 0. The van der Waals surface area contributed by atoms with Crippen LogP contribution < -0.4 is 5.32 Å². The van der Waals surface area contributed by atoms with Crippen LogP contribution in [0.3, 0.4) is 0 Å². The van der Waals surface area contributed by atoms with Gasteiger partial charge in [-0.05, 0) is 46.6 Å². The Morgan fingerprint density at radius 3 is 2.07 bits per heavy atom. The number of hydrogen-bond donors (Lipinski definition) is 1. The molecule has 1 fully saturated rings. The molecule has 11 heteroatoms. The minimum absolute atomic E-state index is 0.0946. The topological polar surface area (TPSA) is 131 Å². The lowest BCUT2D eigenvalue weighted by atomic mass is 10.1. The van der Waals surface area contributed by atoms with Crippen LogP contribution in [0.25, 0.3) is 22.6 Å². The summed E-state index contributed by atoms with van der Waals surface area (Å²) in [4.78, 5) is 64.6. The van der Waals surface area contributed by atoms with E-state index in [9.17, 15) is 19.2 Å². The molecule has 1 aliphatic rings. The predicted octanol–water partition coefficient (Wildman–Crippen LogP) is 4.72. The summed E-state index contributed by atoms with van der Waals surface area (Å²) < 4.78 is 10.5. The average molecular weight is 616 g/mol. The number of aromatic nitrogens is 2. The van der Waals surface area contributed by atoms with Crippen molar-refractivity contribution in [3.8, 4) is 22.6 Å². The first-order valence-electron chi connectivity index (χ1n) is 15.3. The normalized spacial score (nSPS) is 14.0. The third kappa shape index (κ3) is 9.59. The van der Waals surface area contributed by atoms with Crippen molar-refractivity contribution in [2.24, 2.45) is 0 Å². The Hall–Kier alpha value is -4.80. The molecule has 4 rings (SSSR count). The van der Waals surface area contributed by atoms with E-state index in [4.69, 9.17) is 14.5 Å². The van der Waals surface area contributed by atoms with E-state index in [1.54, 1.807) is 43.6 Å². The Morgan fingerprint density at radius 2 is 1.47 bits per heavy atom. The fourth-order valence-electron chi connectivity index (χ4n) is 4.91. The van der Waals surface area contributed by atoms with E-state index in [1.165, 1.54) is 0 Å². The first-order valence-corrected chi connectivity index (χ1v) is 15.3. The van der Waals surface area contributed by atoms with Crippen molar-refractivity contribution in [3.05, 3.63) is 72.4 Å². The van der Waals surface area contributed by atoms with Gasteiger partial charge in [0, 0.05) is 43.7 Å². The maximum Gasteiger partial charge on any atom is 0.409 e. The molecule has 0 saturated carbocycles. The van der Waals surface area contributed by atoms with Crippen LogP contribution in [0, 0.1) is 0 Å². The van der Waals surface area contributed by atoms with Crippen molar-refractivity contribution >= 4 is 23.9 Å². The lowest BCUT2D eigenvalue weighted by Crippen LogP contribution is -2.56. The van der Waals surface area contributed by atoms with Gasteiger partial charge in [-0.15, -0.1) is 0 Å². The van der Waals surface area contributed by atoms with E-state index >= 15 is 0 Å². The zero-order valence-electron chi connectivity index (χ0n) is 26.3. The number of amides is 3. The molecule has 3 amide bonds. The van der Waals surface area contributed by atoms with Gasteiger partial charge < -0.3 is 24.6 Å². The number of carbonyl (C=O) groups is 4. The molecule has 0 aliphatic carbocycles. The van der Waals surface area contributed by atoms with Crippen LogP contribution in [-0.2, 0) is 19.1 Å². The SMILES string of the molecule is CCOC(=O)N1CCN(C(=O)C(CCCC(=O)OC(C)(C)C)NC(=O)c2cc(-c3ccccc3)nc(-c3ccccc3)n2)CC1. The van der Waals surface area contributed by atoms with Gasteiger partial charge in [0.2, 0.25) is 5.91 Å². The van der Waals surface area contributed by atoms with Crippen LogP contribution in [0.5, 0.6) is 0 Å². The second kappa shape index (κ2) is 15.3. The van der Waals surface area contributed by atoms with Gasteiger partial charge in [0.15, 0.2) is 5.82 Å². The zero-order valence-corrected chi connectivity index (χ0v) is 26.3. The molecule has 1 atom stereocenters. The third-order valence-corrected chi connectivity index (χ3v) is 7.07. The van der Waals surface area contributed by atoms with Crippen LogP contribution in [0.1, 0.15) is 57.4 Å². The Kier molecular flexibility index (Phi) is 11.2. The van der Waals surface area contributed by atoms with Gasteiger partial charge in [-0.3, -0.25) is 14.4 Å². The second-order valence-corrected chi connectivity index (χ2v) is 11.7. The van der Waals surface area contributed by atoms with Gasteiger partial charge in [0.05, 0.1) is 12.3 Å². The number of hydrogen-bond acceptors (Lipinski definition) is 8. The van der Waals surface area contributed by atoms with Crippen LogP contribution in [0.2, 0.25) is 0 Å². The summed E-state index contributed by atoms with van der Waals surface area (Å²) in [5, 5.41) is 2.89. The Bertz CT molecular complexity index is 1410. The molecule has 1 aromatic heterocycles. The first kappa shape index (κ1) is 33.1. The molecule has 45 heavy (non-hydrogen) atoms. The largest absolute Gasteiger partial charge is 0.460 e. The minimum Gasteiger partial charge on any atom is -0.460 e. The Labute approximate surface area is 263 Å².